The number of pyridine rings is 1. The summed E-state index contributed by atoms with van der Waals surface area (Å²) in [5, 5.41) is 3.36. The van der Waals surface area contributed by atoms with Crippen LogP contribution in [-0.2, 0) is 4.74 Å². The minimum absolute atomic E-state index is 0.579. The van der Waals surface area contributed by atoms with E-state index in [1.54, 1.807) is 6.20 Å². The number of ether oxygens (including phenoxy) is 1. The van der Waals surface area contributed by atoms with Gasteiger partial charge in [0.1, 0.15) is 5.82 Å². The van der Waals surface area contributed by atoms with Crippen LogP contribution in [0.25, 0.3) is 0 Å². The number of nitrogens with zero attached hydrogens (tertiary/aromatic N) is 1. The van der Waals surface area contributed by atoms with Gasteiger partial charge in [0, 0.05) is 13.2 Å². The number of nitrogens with two attached hydrogens (primary N) is 1. The van der Waals surface area contributed by atoms with E-state index in [1.165, 1.54) is 6.42 Å². The van der Waals surface area contributed by atoms with E-state index in [1.807, 2.05) is 6.92 Å². The van der Waals surface area contributed by atoms with Gasteiger partial charge in [0.25, 0.3) is 0 Å². The first kappa shape index (κ1) is 12.6. The Hall–Kier alpha value is -0.810. The molecule has 0 aromatic carbocycles. The van der Waals surface area contributed by atoms with E-state index in [9.17, 15) is 0 Å². The molecule has 1 aliphatic rings. The molecule has 1 atom stereocenters. The van der Waals surface area contributed by atoms with Crippen LogP contribution < -0.4 is 11.1 Å². The zero-order chi connectivity index (χ0) is 12.3. The molecule has 2 rings (SSSR count). The second-order valence-electron chi connectivity index (χ2n) is 4.47. The first-order chi connectivity index (χ1) is 8.18. The van der Waals surface area contributed by atoms with Crippen LogP contribution in [0.15, 0.2) is 10.7 Å². The third-order valence-corrected chi connectivity index (χ3v) is 4.09. The molecule has 1 aromatic heterocycles. The van der Waals surface area contributed by atoms with Gasteiger partial charge in [0.15, 0.2) is 0 Å². The van der Waals surface area contributed by atoms with Crippen LogP contribution in [-0.4, -0.2) is 24.7 Å². The number of rotatable bonds is 3. The Bertz CT molecular complexity index is 392. The molecule has 1 fully saturated rings. The Kier molecular flexibility index (Phi) is 4.23. The summed E-state index contributed by atoms with van der Waals surface area (Å²) in [5.41, 5.74) is 7.53. The van der Waals surface area contributed by atoms with Crippen LogP contribution in [0.1, 0.15) is 18.4 Å². The molecule has 1 saturated heterocycles. The van der Waals surface area contributed by atoms with Gasteiger partial charge in [-0.3, -0.25) is 0 Å². The lowest BCUT2D eigenvalue weighted by Crippen LogP contribution is -2.24. The van der Waals surface area contributed by atoms with Crippen molar-refractivity contribution < 1.29 is 4.74 Å². The van der Waals surface area contributed by atoms with Gasteiger partial charge in [-0.05, 0) is 47.2 Å². The Morgan fingerprint density at radius 2 is 2.47 bits per heavy atom. The first-order valence-electron chi connectivity index (χ1n) is 5.90. The molecule has 1 aromatic rings. The van der Waals surface area contributed by atoms with Crippen molar-refractivity contribution in [2.24, 2.45) is 5.92 Å². The van der Waals surface area contributed by atoms with E-state index in [4.69, 9.17) is 10.5 Å². The molecule has 17 heavy (non-hydrogen) atoms. The number of hydrogen-bond acceptors (Lipinski definition) is 4. The second-order valence-corrected chi connectivity index (χ2v) is 5.26. The van der Waals surface area contributed by atoms with Crippen molar-refractivity contribution in [2.45, 2.75) is 19.8 Å². The molecule has 4 nitrogen and oxygen atoms in total. The topological polar surface area (TPSA) is 60.2 Å². The lowest BCUT2D eigenvalue weighted by atomic mass is 10.0. The summed E-state index contributed by atoms with van der Waals surface area (Å²) in [4.78, 5) is 4.30. The summed E-state index contributed by atoms with van der Waals surface area (Å²) in [5.74, 6) is 1.44. The lowest BCUT2D eigenvalue weighted by Gasteiger charge is -2.22. The van der Waals surface area contributed by atoms with E-state index in [2.05, 4.69) is 26.2 Å². The molecule has 0 spiro atoms. The Balaban J connectivity index is 1.96. The monoisotopic (exact) mass is 299 g/mol. The van der Waals surface area contributed by atoms with Crippen molar-refractivity contribution in [3.8, 4) is 0 Å². The zero-order valence-corrected chi connectivity index (χ0v) is 11.6. The van der Waals surface area contributed by atoms with Gasteiger partial charge >= 0.3 is 0 Å². The van der Waals surface area contributed by atoms with Crippen molar-refractivity contribution in [1.82, 2.24) is 4.98 Å². The van der Waals surface area contributed by atoms with Crippen LogP contribution in [0, 0.1) is 12.8 Å². The number of hydrogen-bond donors (Lipinski definition) is 2. The van der Waals surface area contributed by atoms with Crippen LogP contribution >= 0.6 is 15.9 Å². The summed E-state index contributed by atoms with van der Waals surface area (Å²) < 4.78 is 6.40. The van der Waals surface area contributed by atoms with Crippen molar-refractivity contribution >= 4 is 27.4 Å². The fourth-order valence-corrected chi connectivity index (χ4v) is 2.40. The molecule has 0 saturated carbocycles. The number of aromatic nitrogens is 1. The number of nitrogens with one attached hydrogen (secondary N) is 1. The Morgan fingerprint density at radius 3 is 3.18 bits per heavy atom. The first-order valence-corrected chi connectivity index (χ1v) is 6.70. The van der Waals surface area contributed by atoms with Crippen molar-refractivity contribution in [3.05, 3.63) is 16.2 Å². The highest BCUT2D eigenvalue weighted by molar-refractivity contribution is 9.10. The molecule has 94 valence electrons. The maximum atomic E-state index is 5.79. The van der Waals surface area contributed by atoms with Gasteiger partial charge < -0.3 is 15.8 Å². The summed E-state index contributed by atoms with van der Waals surface area (Å²) in [6, 6.07) is 0. The standard InChI is InChI=1S/C12H18BrN3O/c1-8-10(14)6-16-12(11(8)13)15-5-9-3-2-4-17-7-9/h6,9H,2-5,7,14H2,1H3,(H,15,16). The average Bonchev–Trinajstić information content (AvgIpc) is 2.36. The SMILES string of the molecule is Cc1c(N)cnc(NCC2CCCOC2)c1Br. The molecule has 3 N–H and O–H groups in total. The largest absolute Gasteiger partial charge is 0.397 e. The number of halogens is 1. The molecule has 0 bridgehead atoms. The number of anilines is 2. The molecule has 0 radical (unpaired) electrons. The summed E-state index contributed by atoms with van der Waals surface area (Å²) >= 11 is 3.52. The van der Waals surface area contributed by atoms with Gasteiger partial charge in [-0.2, -0.15) is 0 Å². The van der Waals surface area contributed by atoms with Gasteiger partial charge in [-0.15, -0.1) is 0 Å². The van der Waals surface area contributed by atoms with Crippen LogP contribution in [0.3, 0.4) is 0 Å². The van der Waals surface area contributed by atoms with Gasteiger partial charge in [-0.25, -0.2) is 4.98 Å². The zero-order valence-electron chi connectivity index (χ0n) is 10.0. The van der Waals surface area contributed by atoms with Gasteiger partial charge in [0.05, 0.1) is 23.0 Å². The van der Waals surface area contributed by atoms with E-state index < -0.39 is 0 Å². The fraction of sp³-hybridized carbons (Fsp3) is 0.583. The normalized spacial score (nSPS) is 20.2. The molecule has 0 amide bonds. The van der Waals surface area contributed by atoms with Crippen molar-refractivity contribution in [2.75, 3.05) is 30.8 Å². The third-order valence-electron chi connectivity index (χ3n) is 3.12. The lowest BCUT2D eigenvalue weighted by molar-refractivity contribution is 0.0595. The summed E-state index contributed by atoms with van der Waals surface area (Å²) in [6.45, 7) is 4.63. The van der Waals surface area contributed by atoms with Crippen molar-refractivity contribution in [1.29, 1.82) is 0 Å². The Labute approximate surface area is 110 Å². The highest BCUT2D eigenvalue weighted by atomic mass is 79.9. The quantitative estimate of drug-likeness (QED) is 0.900. The summed E-state index contributed by atoms with van der Waals surface area (Å²) in [7, 11) is 0. The molecular formula is C12H18BrN3O. The highest BCUT2D eigenvalue weighted by Crippen LogP contribution is 2.28. The van der Waals surface area contributed by atoms with E-state index in [0.29, 0.717) is 11.6 Å². The van der Waals surface area contributed by atoms with Gasteiger partial charge in [0.2, 0.25) is 0 Å². The van der Waals surface area contributed by atoms with Crippen molar-refractivity contribution in [3.63, 3.8) is 0 Å². The predicted octanol–water partition coefficient (Wildman–Crippen LogP) is 2.57. The molecule has 1 aliphatic heterocycles. The second kappa shape index (κ2) is 5.69. The fourth-order valence-electron chi connectivity index (χ4n) is 1.92. The average molecular weight is 300 g/mol. The predicted molar refractivity (Wildman–Crippen MR) is 73.1 cm³/mol. The van der Waals surface area contributed by atoms with E-state index >= 15 is 0 Å². The molecule has 1 unspecified atom stereocenters. The number of nitrogen functional groups attached to an aromatic ring is 1. The van der Waals surface area contributed by atoms with Crippen LogP contribution in [0.4, 0.5) is 11.5 Å². The Morgan fingerprint density at radius 1 is 1.65 bits per heavy atom. The third kappa shape index (κ3) is 3.10. The molecule has 5 heteroatoms. The minimum atomic E-state index is 0.579. The van der Waals surface area contributed by atoms with Crippen LogP contribution in [0.2, 0.25) is 0 Å². The van der Waals surface area contributed by atoms with Gasteiger partial charge in [-0.1, -0.05) is 0 Å². The smallest absolute Gasteiger partial charge is 0.140 e. The molecular weight excluding hydrogens is 282 g/mol. The van der Waals surface area contributed by atoms with E-state index in [0.717, 1.165) is 42.0 Å². The summed E-state index contributed by atoms with van der Waals surface area (Å²) in [6.07, 6.45) is 4.07. The molecule has 2 heterocycles. The van der Waals surface area contributed by atoms with E-state index in [-0.39, 0.29) is 0 Å². The maximum Gasteiger partial charge on any atom is 0.140 e. The van der Waals surface area contributed by atoms with Crippen LogP contribution in [0.5, 0.6) is 0 Å². The minimum Gasteiger partial charge on any atom is -0.397 e. The molecule has 0 aliphatic carbocycles. The maximum absolute atomic E-state index is 5.79. The highest BCUT2D eigenvalue weighted by Gasteiger charge is 2.15.